The van der Waals surface area contributed by atoms with E-state index in [4.69, 9.17) is 0 Å². The Kier molecular flexibility index (Phi) is 2.48. The lowest BCUT2D eigenvalue weighted by Crippen LogP contribution is -2.10. The summed E-state index contributed by atoms with van der Waals surface area (Å²) in [6, 6.07) is 6.97. The number of aryl methyl sites for hydroxylation is 3. The van der Waals surface area contributed by atoms with E-state index in [-0.39, 0.29) is 0 Å². The topological polar surface area (TPSA) is 17.0 Å². The van der Waals surface area contributed by atoms with Gasteiger partial charge in [0.05, 0.1) is 0 Å². The minimum Gasteiger partial charge on any atom is -0.347 e. The van der Waals surface area contributed by atoms with Gasteiger partial charge in [-0.15, -0.1) is 0 Å². The molecule has 0 aliphatic carbocycles. The highest BCUT2D eigenvalue weighted by Crippen LogP contribution is 2.30. The highest BCUT2D eigenvalue weighted by molar-refractivity contribution is 5.85. The molecule has 1 atom stereocenters. The van der Waals surface area contributed by atoms with Crippen molar-refractivity contribution in [3.05, 3.63) is 35.0 Å². The summed E-state index contributed by atoms with van der Waals surface area (Å²) >= 11 is 0. The van der Waals surface area contributed by atoms with Crippen LogP contribution < -0.4 is 5.32 Å². The first-order chi connectivity index (χ1) is 8.16. The van der Waals surface area contributed by atoms with Gasteiger partial charge in [-0.05, 0) is 50.1 Å². The zero-order chi connectivity index (χ0) is 12.0. The maximum atomic E-state index is 3.46. The summed E-state index contributed by atoms with van der Waals surface area (Å²) in [6.07, 6.45) is 1.27. The fraction of sp³-hybridized carbons (Fsp3) is 0.467. The van der Waals surface area contributed by atoms with Gasteiger partial charge >= 0.3 is 0 Å². The number of hydrogen-bond donors (Lipinski definition) is 1. The van der Waals surface area contributed by atoms with E-state index in [0.717, 1.165) is 13.1 Å². The van der Waals surface area contributed by atoms with Crippen LogP contribution in [0.2, 0.25) is 0 Å². The van der Waals surface area contributed by atoms with Crippen molar-refractivity contribution in [2.75, 3.05) is 13.1 Å². The number of benzene rings is 1. The third-order valence-electron chi connectivity index (χ3n) is 4.03. The number of nitrogens with zero attached hydrogens (tertiary/aromatic N) is 1. The molecule has 0 bridgehead atoms. The minimum atomic E-state index is 0.687. The summed E-state index contributed by atoms with van der Waals surface area (Å²) in [5.41, 5.74) is 5.61. The second-order valence-corrected chi connectivity index (χ2v) is 5.33. The Morgan fingerprint density at radius 1 is 1.24 bits per heavy atom. The van der Waals surface area contributed by atoms with Gasteiger partial charge in [-0.3, -0.25) is 0 Å². The lowest BCUT2D eigenvalue weighted by atomic mass is 10.0. The zero-order valence-electron chi connectivity index (χ0n) is 10.9. The Labute approximate surface area is 103 Å². The van der Waals surface area contributed by atoms with Crippen LogP contribution in [0.1, 0.15) is 29.2 Å². The Bertz CT molecular complexity index is 560. The van der Waals surface area contributed by atoms with E-state index in [1.807, 2.05) is 0 Å². The smallest absolute Gasteiger partial charge is 0.0485 e. The molecule has 0 radical (unpaired) electrons. The van der Waals surface area contributed by atoms with Gasteiger partial charge in [0.2, 0.25) is 0 Å². The highest BCUT2D eigenvalue weighted by atomic mass is 15.0. The van der Waals surface area contributed by atoms with E-state index in [9.17, 15) is 0 Å². The standard InChI is InChI=1S/C15H20N2/c1-10-6-11(2)13-8-14(12-4-5-16-9-12)17(3)15(13)7-10/h6-8,12,16H,4-5,9H2,1-3H3. The van der Waals surface area contributed by atoms with Crippen molar-refractivity contribution in [3.8, 4) is 0 Å². The second-order valence-electron chi connectivity index (χ2n) is 5.33. The van der Waals surface area contributed by atoms with Crippen molar-refractivity contribution in [1.29, 1.82) is 0 Å². The van der Waals surface area contributed by atoms with Crippen molar-refractivity contribution in [3.63, 3.8) is 0 Å². The maximum absolute atomic E-state index is 3.46. The molecule has 1 unspecified atom stereocenters. The van der Waals surface area contributed by atoms with Gasteiger partial charge in [-0.2, -0.15) is 0 Å². The van der Waals surface area contributed by atoms with Crippen LogP contribution in [-0.4, -0.2) is 17.7 Å². The molecule has 2 aromatic rings. The summed E-state index contributed by atoms with van der Waals surface area (Å²) in [5.74, 6) is 0.687. The van der Waals surface area contributed by atoms with Crippen LogP contribution in [0.4, 0.5) is 0 Å². The summed E-state index contributed by atoms with van der Waals surface area (Å²) in [4.78, 5) is 0. The molecule has 0 saturated carbocycles. The fourth-order valence-corrected chi connectivity index (χ4v) is 3.10. The molecule has 2 heteroatoms. The predicted octanol–water partition coefficient (Wildman–Crippen LogP) is 2.87. The van der Waals surface area contributed by atoms with Gasteiger partial charge in [0.15, 0.2) is 0 Å². The van der Waals surface area contributed by atoms with Gasteiger partial charge in [0.1, 0.15) is 0 Å². The lowest BCUT2D eigenvalue weighted by Gasteiger charge is -2.10. The molecule has 1 aliphatic rings. The number of fused-ring (bicyclic) bond motifs is 1. The molecule has 1 N–H and O–H groups in total. The summed E-state index contributed by atoms with van der Waals surface area (Å²) in [6.45, 7) is 6.68. The molecule has 1 saturated heterocycles. The first-order valence-corrected chi connectivity index (χ1v) is 6.44. The quantitative estimate of drug-likeness (QED) is 0.794. The van der Waals surface area contributed by atoms with Crippen LogP contribution in [0.25, 0.3) is 10.9 Å². The van der Waals surface area contributed by atoms with Crippen LogP contribution in [0, 0.1) is 13.8 Å². The lowest BCUT2D eigenvalue weighted by molar-refractivity contribution is 0.694. The molecule has 1 aliphatic heterocycles. The van der Waals surface area contributed by atoms with Crippen LogP contribution >= 0.6 is 0 Å². The molecule has 1 fully saturated rings. The number of nitrogens with one attached hydrogen (secondary N) is 1. The van der Waals surface area contributed by atoms with Crippen LogP contribution in [0.15, 0.2) is 18.2 Å². The Morgan fingerprint density at radius 3 is 2.76 bits per heavy atom. The molecule has 90 valence electrons. The van der Waals surface area contributed by atoms with Crippen molar-refractivity contribution in [2.24, 2.45) is 7.05 Å². The summed E-state index contributed by atoms with van der Waals surface area (Å²) < 4.78 is 2.38. The molecular weight excluding hydrogens is 208 g/mol. The average Bonchev–Trinajstić information content (AvgIpc) is 2.87. The van der Waals surface area contributed by atoms with Crippen molar-refractivity contribution in [1.82, 2.24) is 9.88 Å². The van der Waals surface area contributed by atoms with Gasteiger partial charge in [-0.1, -0.05) is 6.07 Å². The molecule has 2 heterocycles. The zero-order valence-corrected chi connectivity index (χ0v) is 10.9. The normalized spacial score (nSPS) is 20.3. The van der Waals surface area contributed by atoms with E-state index in [0.29, 0.717) is 5.92 Å². The van der Waals surface area contributed by atoms with Gasteiger partial charge in [0, 0.05) is 36.1 Å². The first-order valence-electron chi connectivity index (χ1n) is 6.44. The monoisotopic (exact) mass is 228 g/mol. The van der Waals surface area contributed by atoms with E-state index in [1.54, 1.807) is 0 Å². The minimum absolute atomic E-state index is 0.687. The van der Waals surface area contributed by atoms with Crippen LogP contribution in [-0.2, 0) is 7.05 Å². The largest absolute Gasteiger partial charge is 0.347 e. The third-order valence-corrected chi connectivity index (χ3v) is 4.03. The van der Waals surface area contributed by atoms with E-state index >= 15 is 0 Å². The van der Waals surface area contributed by atoms with Gasteiger partial charge < -0.3 is 9.88 Å². The molecular formula is C15H20N2. The molecule has 0 amide bonds. The number of rotatable bonds is 1. The fourth-order valence-electron chi connectivity index (χ4n) is 3.10. The van der Waals surface area contributed by atoms with E-state index in [1.165, 1.54) is 34.1 Å². The molecule has 17 heavy (non-hydrogen) atoms. The molecule has 1 aromatic heterocycles. The van der Waals surface area contributed by atoms with Gasteiger partial charge in [0.25, 0.3) is 0 Å². The Balaban J connectivity index is 2.20. The van der Waals surface area contributed by atoms with Crippen LogP contribution in [0.5, 0.6) is 0 Å². The second kappa shape index (κ2) is 3.88. The summed E-state index contributed by atoms with van der Waals surface area (Å²) in [7, 11) is 2.20. The van der Waals surface area contributed by atoms with E-state index < -0.39 is 0 Å². The third kappa shape index (κ3) is 1.67. The van der Waals surface area contributed by atoms with Crippen molar-refractivity contribution < 1.29 is 0 Å². The Morgan fingerprint density at radius 2 is 2.06 bits per heavy atom. The predicted molar refractivity (Wildman–Crippen MR) is 72.6 cm³/mol. The van der Waals surface area contributed by atoms with Crippen molar-refractivity contribution >= 4 is 10.9 Å². The van der Waals surface area contributed by atoms with Crippen LogP contribution in [0.3, 0.4) is 0 Å². The number of hydrogen-bond acceptors (Lipinski definition) is 1. The molecule has 3 rings (SSSR count). The maximum Gasteiger partial charge on any atom is 0.0485 e. The molecule has 0 spiro atoms. The van der Waals surface area contributed by atoms with Crippen molar-refractivity contribution in [2.45, 2.75) is 26.2 Å². The van der Waals surface area contributed by atoms with E-state index in [2.05, 4.69) is 49.0 Å². The summed E-state index contributed by atoms with van der Waals surface area (Å²) in [5, 5.41) is 4.87. The average molecular weight is 228 g/mol. The first kappa shape index (κ1) is 10.8. The molecule has 1 aromatic carbocycles. The van der Waals surface area contributed by atoms with Gasteiger partial charge in [-0.25, -0.2) is 0 Å². The highest BCUT2D eigenvalue weighted by Gasteiger charge is 2.20. The SMILES string of the molecule is Cc1cc(C)c2cc(C3CCNC3)n(C)c2c1. The number of aromatic nitrogens is 1. The Hall–Kier alpha value is -1.28. The molecule has 2 nitrogen and oxygen atoms in total.